The summed E-state index contributed by atoms with van der Waals surface area (Å²) >= 11 is 0. The summed E-state index contributed by atoms with van der Waals surface area (Å²) in [6.07, 6.45) is 1.67. The highest BCUT2D eigenvalue weighted by atomic mass is 31.2. The Kier molecular flexibility index (Phi) is 6.24. The minimum absolute atomic E-state index is 0.106. The molecule has 0 aliphatic heterocycles. The third-order valence-corrected chi connectivity index (χ3v) is 3.89. The van der Waals surface area contributed by atoms with Crippen LogP contribution in [0.25, 0.3) is 0 Å². The van der Waals surface area contributed by atoms with E-state index >= 15 is 0 Å². The van der Waals surface area contributed by atoms with Crippen LogP contribution >= 0.6 is 7.82 Å². The van der Waals surface area contributed by atoms with Gasteiger partial charge in [-0.1, -0.05) is 26.2 Å². The maximum atomic E-state index is 10.9. The molecule has 1 aliphatic rings. The number of rotatable bonds is 6. The van der Waals surface area contributed by atoms with Crippen molar-refractivity contribution in [3.05, 3.63) is 0 Å². The van der Waals surface area contributed by atoms with Gasteiger partial charge in [0, 0.05) is 6.42 Å². The zero-order chi connectivity index (χ0) is 13.8. The first-order valence-electron chi connectivity index (χ1n) is 6.43. The Morgan fingerprint density at radius 2 is 1.89 bits per heavy atom. The number of aliphatic hydroxyl groups is 2. The normalized spacial score (nSPS) is 33.6. The van der Waals surface area contributed by atoms with Crippen molar-refractivity contribution in [2.24, 2.45) is 5.92 Å². The molecule has 1 rings (SSSR count). The number of unbranched alkanes of at least 4 members (excludes halogenated alkanes) is 2. The Morgan fingerprint density at radius 3 is 2.44 bits per heavy atom. The highest BCUT2D eigenvalue weighted by Crippen LogP contribution is 2.43. The zero-order valence-corrected chi connectivity index (χ0v) is 11.5. The molecule has 1 aliphatic carbocycles. The SMILES string of the molecule is CCCCC[C@@H]1C[C@H](O)C[C@@H](O)[C@H]1OP(=O)(O)O. The van der Waals surface area contributed by atoms with Gasteiger partial charge in [-0.05, 0) is 18.8 Å². The molecule has 0 radical (unpaired) electrons. The van der Waals surface area contributed by atoms with E-state index < -0.39 is 26.1 Å². The molecule has 1 saturated carbocycles. The third kappa shape index (κ3) is 5.34. The molecule has 0 aromatic rings. The van der Waals surface area contributed by atoms with Crippen LogP contribution in [-0.4, -0.2) is 38.3 Å². The van der Waals surface area contributed by atoms with E-state index in [0.29, 0.717) is 12.8 Å². The molecule has 0 aromatic heterocycles. The molecule has 4 atom stereocenters. The van der Waals surface area contributed by atoms with Crippen LogP contribution in [0.5, 0.6) is 0 Å². The number of phosphoric ester groups is 1. The second-order valence-corrected chi connectivity index (χ2v) is 6.20. The Morgan fingerprint density at radius 1 is 1.22 bits per heavy atom. The fourth-order valence-electron chi connectivity index (χ4n) is 2.56. The van der Waals surface area contributed by atoms with Crippen molar-refractivity contribution in [1.82, 2.24) is 0 Å². The molecule has 0 heterocycles. The molecule has 0 unspecified atom stereocenters. The van der Waals surface area contributed by atoms with Crippen molar-refractivity contribution in [2.75, 3.05) is 0 Å². The molecular weight excluding hydrogens is 259 g/mol. The summed E-state index contributed by atoms with van der Waals surface area (Å²) in [5, 5.41) is 19.4. The van der Waals surface area contributed by atoms with Crippen molar-refractivity contribution in [1.29, 1.82) is 0 Å². The van der Waals surface area contributed by atoms with Crippen LogP contribution in [0.3, 0.4) is 0 Å². The summed E-state index contributed by atoms with van der Waals surface area (Å²) in [5.41, 5.74) is 0. The summed E-state index contributed by atoms with van der Waals surface area (Å²) in [5.74, 6) is -0.206. The van der Waals surface area contributed by atoms with Crippen LogP contribution in [0, 0.1) is 5.92 Å². The quantitative estimate of drug-likeness (QED) is 0.430. The summed E-state index contributed by atoms with van der Waals surface area (Å²) < 4.78 is 15.6. The monoisotopic (exact) mass is 282 g/mol. The van der Waals surface area contributed by atoms with E-state index in [2.05, 4.69) is 11.4 Å². The van der Waals surface area contributed by atoms with E-state index in [-0.39, 0.29) is 12.3 Å². The van der Waals surface area contributed by atoms with Gasteiger partial charge in [0.05, 0.1) is 18.3 Å². The first-order chi connectivity index (χ1) is 8.33. The van der Waals surface area contributed by atoms with Gasteiger partial charge in [-0.2, -0.15) is 0 Å². The summed E-state index contributed by atoms with van der Waals surface area (Å²) in [6.45, 7) is 2.06. The Balaban J connectivity index is 2.63. The molecule has 4 N–H and O–H groups in total. The molecule has 7 heteroatoms. The van der Waals surface area contributed by atoms with E-state index in [1.54, 1.807) is 0 Å². The highest BCUT2D eigenvalue weighted by molar-refractivity contribution is 7.46. The lowest BCUT2D eigenvalue weighted by molar-refractivity contribution is -0.0819. The minimum Gasteiger partial charge on any atom is -0.393 e. The highest BCUT2D eigenvalue weighted by Gasteiger charge is 2.40. The fraction of sp³-hybridized carbons (Fsp3) is 1.00. The van der Waals surface area contributed by atoms with Crippen LogP contribution in [0.4, 0.5) is 0 Å². The van der Waals surface area contributed by atoms with Gasteiger partial charge in [0.25, 0.3) is 0 Å². The van der Waals surface area contributed by atoms with Gasteiger partial charge in [-0.25, -0.2) is 4.57 Å². The van der Waals surface area contributed by atoms with Crippen molar-refractivity contribution < 1.29 is 29.1 Å². The smallest absolute Gasteiger partial charge is 0.393 e. The van der Waals surface area contributed by atoms with Gasteiger partial charge >= 0.3 is 7.82 Å². The number of aliphatic hydroxyl groups excluding tert-OH is 2. The van der Waals surface area contributed by atoms with E-state index in [1.165, 1.54) is 0 Å². The summed E-state index contributed by atoms with van der Waals surface area (Å²) in [4.78, 5) is 17.7. The lowest BCUT2D eigenvalue weighted by Gasteiger charge is -2.37. The van der Waals surface area contributed by atoms with Crippen LogP contribution in [-0.2, 0) is 9.09 Å². The first-order valence-corrected chi connectivity index (χ1v) is 7.96. The largest absolute Gasteiger partial charge is 0.469 e. The fourth-order valence-corrected chi connectivity index (χ4v) is 3.19. The Labute approximate surface area is 107 Å². The number of hydrogen-bond acceptors (Lipinski definition) is 4. The van der Waals surface area contributed by atoms with Crippen molar-refractivity contribution >= 4 is 7.82 Å². The van der Waals surface area contributed by atoms with Gasteiger partial charge in [0.1, 0.15) is 0 Å². The molecule has 18 heavy (non-hydrogen) atoms. The van der Waals surface area contributed by atoms with Crippen molar-refractivity contribution in [2.45, 2.75) is 63.8 Å². The molecule has 0 spiro atoms. The predicted octanol–water partition coefficient (Wildman–Crippen LogP) is 1.18. The second-order valence-electron chi connectivity index (χ2n) is 5.01. The maximum absolute atomic E-state index is 10.9. The van der Waals surface area contributed by atoms with E-state index in [9.17, 15) is 14.8 Å². The first kappa shape index (κ1) is 16.1. The molecule has 6 nitrogen and oxygen atoms in total. The van der Waals surface area contributed by atoms with Crippen LogP contribution in [0.15, 0.2) is 0 Å². The Hall–Kier alpha value is 0.0300. The van der Waals surface area contributed by atoms with Gasteiger partial charge in [-0.15, -0.1) is 0 Å². The molecule has 1 fully saturated rings. The van der Waals surface area contributed by atoms with E-state index in [0.717, 1.165) is 19.3 Å². The van der Waals surface area contributed by atoms with Crippen LogP contribution in [0.2, 0.25) is 0 Å². The van der Waals surface area contributed by atoms with Crippen molar-refractivity contribution in [3.8, 4) is 0 Å². The summed E-state index contributed by atoms with van der Waals surface area (Å²) in [7, 11) is -4.61. The number of hydrogen-bond donors (Lipinski definition) is 4. The molecule has 0 amide bonds. The predicted molar refractivity (Wildman–Crippen MR) is 65.8 cm³/mol. The lowest BCUT2D eigenvalue weighted by atomic mass is 9.80. The average Bonchev–Trinajstić information content (AvgIpc) is 2.22. The Bertz CT molecular complexity index is 291. The van der Waals surface area contributed by atoms with E-state index in [1.807, 2.05) is 0 Å². The standard InChI is InChI=1S/C11H23O6P/c1-2-3-4-5-8-6-9(12)7-10(13)11(8)17-18(14,15)16/h8-13H,2-7H2,1H3,(H2,14,15,16)/t8-,9+,10-,11+/m1/s1. The topological polar surface area (TPSA) is 107 Å². The molecule has 0 saturated heterocycles. The molecule has 108 valence electrons. The average molecular weight is 282 g/mol. The maximum Gasteiger partial charge on any atom is 0.469 e. The lowest BCUT2D eigenvalue weighted by Crippen LogP contribution is -2.44. The van der Waals surface area contributed by atoms with E-state index in [4.69, 9.17) is 9.79 Å². The number of phosphoric acid groups is 1. The van der Waals surface area contributed by atoms with Crippen LogP contribution < -0.4 is 0 Å². The van der Waals surface area contributed by atoms with Crippen molar-refractivity contribution in [3.63, 3.8) is 0 Å². The van der Waals surface area contributed by atoms with Gasteiger partial charge in [0.2, 0.25) is 0 Å². The third-order valence-electron chi connectivity index (χ3n) is 3.37. The van der Waals surface area contributed by atoms with Gasteiger partial charge in [0.15, 0.2) is 0 Å². The van der Waals surface area contributed by atoms with Crippen LogP contribution in [0.1, 0.15) is 45.4 Å². The summed E-state index contributed by atoms with van der Waals surface area (Å²) in [6, 6.07) is 0. The molecule has 0 bridgehead atoms. The minimum atomic E-state index is -4.61. The zero-order valence-electron chi connectivity index (χ0n) is 10.6. The molecule has 0 aromatic carbocycles. The van der Waals surface area contributed by atoms with Gasteiger partial charge < -0.3 is 20.0 Å². The molecular formula is C11H23O6P. The van der Waals surface area contributed by atoms with Gasteiger partial charge in [-0.3, -0.25) is 4.52 Å². The second kappa shape index (κ2) is 6.98.